The standard InChI is InChI=1S/C12H14F3N3S2/c13-12(14,15)9-4-3-8(10(16)19)11(18-9)17-6-7-2-1-5-20-7/h3-4,7H,1-2,5-6H2,(H2,16,19)(H,17,18). The zero-order valence-electron chi connectivity index (χ0n) is 10.5. The van der Waals surface area contributed by atoms with E-state index in [2.05, 4.69) is 10.3 Å². The van der Waals surface area contributed by atoms with Gasteiger partial charge in [0.15, 0.2) is 0 Å². The molecule has 3 N–H and O–H groups in total. The Hall–Kier alpha value is -1.02. The fraction of sp³-hybridized carbons (Fsp3) is 0.500. The van der Waals surface area contributed by atoms with Crippen LogP contribution < -0.4 is 11.1 Å². The summed E-state index contributed by atoms with van der Waals surface area (Å²) in [6.45, 7) is 0.564. The summed E-state index contributed by atoms with van der Waals surface area (Å²) in [5.74, 6) is 1.20. The van der Waals surface area contributed by atoms with Gasteiger partial charge in [0, 0.05) is 11.8 Å². The second-order valence-electron chi connectivity index (χ2n) is 4.47. The Morgan fingerprint density at radius 3 is 2.80 bits per heavy atom. The Bertz CT molecular complexity index is 499. The summed E-state index contributed by atoms with van der Waals surface area (Å²) in [4.78, 5) is 3.65. The van der Waals surface area contributed by atoms with Gasteiger partial charge in [0.05, 0.1) is 5.56 Å². The number of halogens is 3. The minimum atomic E-state index is -4.48. The third-order valence-electron chi connectivity index (χ3n) is 2.97. The molecule has 20 heavy (non-hydrogen) atoms. The maximum atomic E-state index is 12.7. The molecule has 1 aromatic heterocycles. The lowest BCUT2D eigenvalue weighted by Crippen LogP contribution is -2.21. The van der Waals surface area contributed by atoms with Crippen LogP contribution in [0.5, 0.6) is 0 Å². The summed E-state index contributed by atoms with van der Waals surface area (Å²) >= 11 is 6.66. The predicted molar refractivity (Wildman–Crippen MR) is 79.1 cm³/mol. The molecule has 0 aliphatic carbocycles. The van der Waals surface area contributed by atoms with Crippen LogP contribution in [-0.4, -0.2) is 27.5 Å². The fourth-order valence-corrected chi connectivity index (χ4v) is 3.33. The molecule has 2 rings (SSSR count). The number of thiocarbonyl (C=S) groups is 1. The first kappa shape index (κ1) is 15.4. The average Bonchev–Trinajstić information content (AvgIpc) is 2.87. The van der Waals surface area contributed by atoms with E-state index in [0.29, 0.717) is 17.4 Å². The van der Waals surface area contributed by atoms with Crippen LogP contribution in [0.2, 0.25) is 0 Å². The van der Waals surface area contributed by atoms with Crippen molar-refractivity contribution in [1.82, 2.24) is 4.98 Å². The van der Waals surface area contributed by atoms with E-state index in [9.17, 15) is 13.2 Å². The Kier molecular flexibility index (Phi) is 4.74. The second kappa shape index (κ2) is 6.17. The van der Waals surface area contributed by atoms with E-state index >= 15 is 0 Å². The third kappa shape index (κ3) is 3.76. The first-order chi connectivity index (χ1) is 9.38. The number of hydrogen-bond donors (Lipinski definition) is 2. The number of rotatable bonds is 4. The second-order valence-corrected chi connectivity index (χ2v) is 6.32. The van der Waals surface area contributed by atoms with Gasteiger partial charge in [-0.1, -0.05) is 12.2 Å². The summed E-state index contributed by atoms with van der Waals surface area (Å²) in [5, 5.41) is 3.34. The number of nitrogens with one attached hydrogen (secondary N) is 1. The molecule has 0 saturated carbocycles. The number of hydrogen-bond acceptors (Lipinski definition) is 4. The first-order valence-corrected chi connectivity index (χ1v) is 7.57. The summed E-state index contributed by atoms with van der Waals surface area (Å²) < 4.78 is 38.1. The van der Waals surface area contributed by atoms with Crippen molar-refractivity contribution in [2.45, 2.75) is 24.3 Å². The number of anilines is 1. The van der Waals surface area contributed by atoms with Crippen LogP contribution in [0, 0.1) is 0 Å². The molecular weight excluding hydrogens is 307 g/mol. The lowest BCUT2D eigenvalue weighted by molar-refractivity contribution is -0.141. The van der Waals surface area contributed by atoms with Gasteiger partial charge in [0.25, 0.3) is 0 Å². The number of pyridine rings is 1. The van der Waals surface area contributed by atoms with Crippen LogP contribution in [0.25, 0.3) is 0 Å². The summed E-state index contributed by atoms with van der Waals surface area (Å²) in [6.07, 6.45) is -2.29. The molecule has 1 fully saturated rings. The van der Waals surface area contributed by atoms with Gasteiger partial charge in [-0.3, -0.25) is 0 Å². The van der Waals surface area contributed by atoms with Crippen molar-refractivity contribution in [2.24, 2.45) is 5.73 Å². The maximum absolute atomic E-state index is 12.7. The molecule has 1 aliphatic rings. The van der Waals surface area contributed by atoms with E-state index in [1.54, 1.807) is 0 Å². The number of thioether (sulfide) groups is 1. The molecule has 0 radical (unpaired) electrons. The van der Waals surface area contributed by atoms with Crippen LogP contribution in [0.3, 0.4) is 0 Å². The number of alkyl halides is 3. The Morgan fingerprint density at radius 2 is 2.25 bits per heavy atom. The molecule has 3 nitrogen and oxygen atoms in total. The molecule has 0 bridgehead atoms. The van der Waals surface area contributed by atoms with Gasteiger partial charge in [-0.25, -0.2) is 4.98 Å². The summed E-state index contributed by atoms with van der Waals surface area (Å²) in [6, 6.07) is 2.16. The minimum Gasteiger partial charge on any atom is -0.389 e. The van der Waals surface area contributed by atoms with E-state index in [1.807, 2.05) is 11.8 Å². The van der Waals surface area contributed by atoms with Gasteiger partial charge in [-0.15, -0.1) is 0 Å². The molecule has 1 unspecified atom stereocenters. The Labute approximate surface area is 124 Å². The van der Waals surface area contributed by atoms with Gasteiger partial charge in [-0.2, -0.15) is 24.9 Å². The van der Waals surface area contributed by atoms with E-state index in [-0.39, 0.29) is 10.8 Å². The van der Waals surface area contributed by atoms with Crippen LogP contribution in [-0.2, 0) is 6.18 Å². The van der Waals surface area contributed by atoms with Crippen molar-refractivity contribution >= 4 is 34.8 Å². The molecular formula is C12H14F3N3S2. The zero-order chi connectivity index (χ0) is 14.8. The lowest BCUT2D eigenvalue weighted by Gasteiger charge is -2.15. The van der Waals surface area contributed by atoms with Gasteiger partial charge in [-0.05, 0) is 30.7 Å². The first-order valence-electron chi connectivity index (χ1n) is 6.11. The SMILES string of the molecule is NC(=S)c1ccc(C(F)(F)F)nc1NCC1CCCS1. The molecule has 0 amide bonds. The largest absolute Gasteiger partial charge is 0.433 e. The number of nitrogens with zero attached hydrogens (tertiary/aromatic N) is 1. The van der Waals surface area contributed by atoms with Crippen LogP contribution >= 0.6 is 24.0 Å². The highest BCUT2D eigenvalue weighted by molar-refractivity contribution is 8.00. The van der Waals surface area contributed by atoms with Crippen LogP contribution in [0.1, 0.15) is 24.1 Å². The number of nitrogens with two attached hydrogens (primary N) is 1. The van der Waals surface area contributed by atoms with Crippen molar-refractivity contribution in [3.63, 3.8) is 0 Å². The zero-order valence-corrected chi connectivity index (χ0v) is 12.2. The molecule has 0 aromatic carbocycles. The Balaban J connectivity index is 2.20. The highest BCUT2D eigenvalue weighted by Crippen LogP contribution is 2.30. The van der Waals surface area contributed by atoms with Gasteiger partial charge in [0.2, 0.25) is 0 Å². The highest BCUT2D eigenvalue weighted by Gasteiger charge is 2.33. The highest BCUT2D eigenvalue weighted by atomic mass is 32.2. The van der Waals surface area contributed by atoms with E-state index in [0.717, 1.165) is 24.7 Å². The summed E-state index contributed by atoms with van der Waals surface area (Å²) in [7, 11) is 0. The molecule has 1 aliphatic heterocycles. The van der Waals surface area contributed by atoms with E-state index < -0.39 is 11.9 Å². The topological polar surface area (TPSA) is 50.9 Å². The van der Waals surface area contributed by atoms with Crippen molar-refractivity contribution in [1.29, 1.82) is 0 Å². The number of aromatic nitrogens is 1. The maximum Gasteiger partial charge on any atom is 0.433 e. The average molecular weight is 321 g/mol. The normalized spacial score (nSPS) is 19.1. The van der Waals surface area contributed by atoms with Gasteiger partial charge < -0.3 is 11.1 Å². The third-order valence-corrected chi connectivity index (χ3v) is 4.59. The molecule has 1 saturated heterocycles. The molecule has 8 heteroatoms. The molecule has 2 heterocycles. The monoisotopic (exact) mass is 321 g/mol. The smallest absolute Gasteiger partial charge is 0.389 e. The van der Waals surface area contributed by atoms with Gasteiger partial charge in [0.1, 0.15) is 16.5 Å². The van der Waals surface area contributed by atoms with Crippen molar-refractivity contribution < 1.29 is 13.2 Å². The van der Waals surface area contributed by atoms with E-state index in [1.165, 1.54) is 6.07 Å². The Morgan fingerprint density at radius 1 is 1.50 bits per heavy atom. The van der Waals surface area contributed by atoms with Crippen molar-refractivity contribution in [2.75, 3.05) is 17.6 Å². The van der Waals surface area contributed by atoms with Crippen molar-refractivity contribution in [3.8, 4) is 0 Å². The molecule has 1 aromatic rings. The molecule has 0 spiro atoms. The van der Waals surface area contributed by atoms with Crippen LogP contribution in [0.4, 0.5) is 19.0 Å². The van der Waals surface area contributed by atoms with Crippen LogP contribution in [0.15, 0.2) is 12.1 Å². The predicted octanol–water partition coefficient (Wildman–Crippen LogP) is 3.04. The summed E-state index contributed by atoms with van der Waals surface area (Å²) in [5.41, 5.74) is 4.92. The molecule has 110 valence electrons. The minimum absolute atomic E-state index is 0.0350. The quantitative estimate of drug-likeness (QED) is 0.835. The van der Waals surface area contributed by atoms with Crippen molar-refractivity contribution in [3.05, 3.63) is 23.4 Å². The van der Waals surface area contributed by atoms with Gasteiger partial charge >= 0.3 is 6.18 Å². The molecule has 1 atom stereocenters. The van der Waals surface area contributed by atoms with E-state index in [4.69, 9.17) is 18.0 Å². The fourth-order valence-electron chi connectivity index (χ4n) is 1.97. The lowest BCUT2D eigenvalue weighted by atomic mass is 10.2.